The molecule has 0 aromatic heterocycles. The monoisotopic (exact) mass is 276 g/mol. The SMILES string of the molecule is CCCCOCCOCCOCCN(C)CCNC. The second-order valence-corrected chi connectivity index (χ2v) is 4.60. The summed E-state index contributed by atoms with van der Waals surface area (Å²) in [6.45, 7) is 9.44. The van der Waals surface area contributed by atoms with Crippen molar-refractivity contribution < 1.29 is 14.2 Å². The molecule has 0 fully saturated rings. The summed E-state index contributed by atoms with van der Waals surface area (Å²) in [5, 5.41) is 3.13. The zero-order chi connectivity index (χ0) is 14.2. The quantitative estimate of drug-likeness (QED) is 0.452. The summed E-state index contributed by atoms with van der Waals surface area (Å²) in [6, 6.07) is 0. The maximum Gasteiger partial charge on any atom is 0.0701 e. The molecule has 0 unspecified atom stereocenters. The van der Waals surface area contributed by atoms with Crippen molar-refractivity contribution in [2.75, 3.05) is 73.4 Å². The molecule has 5 heteroatoms. The Labute approximate surface area is 118 Å². The highest BCUT2D eigenvalue weighted by atomic mass is 16.5. The first-order chi connectivity index (χ1) is 9.31. The van der Waals surface area contributed by atoms with Crippen LogP contribution in [0.4, 0.5) is 0 Å². The van der Waals surface area contributed by atoms with Crippen LogP contribution in [-0.2, 0) is 14.2 Å². The summed E-state index contributed by atoms with van der Waals surface area (Å²) in [5.41, 5.74) is 0. The third kappa shape index (κ3) is 15.7. The molecule has 19 heavy (non-hydrogen) atoms. The molecule has 116 valence electrons. The molecule has 0 saturated heterocycles. The van der Waals surface area contributed by atoms with Gasteiger partial charge in [-0.2, -0.15) is 0 Å². The van der Waals surface area contributed by atoms with Crippen LogP contribution in [0.1, 0.15) is 19.8 Å². The number of hydrogen-bond acceptors (Lipinski definition) is 5. The Morgan fingerprint density at radius 2 is 1.42 bits per heavy atom. The standard InChI is InChI=1S/C14H32N2O3/c1-4-5-9-17-11-13-19-14-12-18-10-8-16(3)7-6-15-2/h15H,4-14H2,1-3H3. The minimum Gasteiger partial charge on any atom is -0.379 e. The predicted octanol–water partition coefficient (Wildman–Crippen LogP) is 0.988. The number of hydrogen-bond donors (Lipinski definition) is 1. The summed E-state index contributed by atoms with van der Waals surface area (Å²) in [6.07, 6.45) is 2.31. The average Bonchev–Trinajstić information content (AvgIpc) is 2.42. The van der Waals surface area contributed by atoms with Crippen LogP contribution in [0.5, 0.6) is 0 Å². The van der Waals surface area contributed by atoms with E-state index in [1.807, 2.05) is 7.05 Å². The van der Waals surface area contributed by atoms with Crippen molar-refractivity contribution in [3.63, 3.8) is 0 Å². The molecule has 0 spiro atoms. The Bertz CT molecular complexity index is 171. The van der Waals surface area contributed by atoms with Gasteiger partial charge in [-0.05, 0) is 20.5 Å². The van der Waals surface area contributed by atoms with E-state index in [-0.39, 0.29) is 0 Å². The highest BCUT2D eigenvalue weighted by molar-refractivity contribution is 4.51. The average molecular weight is 276 g/mol. The molecule has 0 aliphatic heterocycles. The number of ether oxygens (including phenoxy) is 3. The lowest BCUT2D eigenvalue weighted by molar-refractivity contribution is 0.0112. The summed E-state index contributed by atoms with van der Waals surface area (Å²) in [7, 11) is 4.07. The number of rotatable bonds is 15. The fourth-order valence-corrected chi connectivity index (χ4v) is 1.42. The van der Waals surface area contributed by atoms with E-state index in [0.717, 1.165) is 39.3 Å². The Morgan fingerprint density at radius 1 is 0.842 bits per heavy atom. The molecule has 5 nitrogen and oxygen atoms in total. The van der Waals surface area contributed by atoms with Crippen molar-refractivity contribution in [3.05, 3.63) is 0 Å². The lowest BCUT2D eigenvalue weighted by Crippen LogP contribution is -2.30. The van der Waals surface area contributed by atoms with E-state index >= 15 is 0 Å². The first kappa shape index (κ1) is 18.8. The molecule has 0 aliphatic carbocycles. The highest BCUT2D eigenvalue weighted by Gasteiger charge is 1.97. The molecule has 1 N–H and O–H groups in total. The van der Waals surface area contributed by atoms with Gasteiger partial charge in [0.1, 0.15) is 0 Å². The van der Waals surface area contributed by atoms with Gasteiger partial charge in [0.05, 0.1) is 33.0 Å². The Hall–Kier alpha value is -0.200. The molecule has 0 atom stereocenters. The smallest absolute Gasteiger partial charge is 0.0701 e. The van der Waals surface area contributed by atoms with Crippen molar-refractivity contribution in [1.29, 1.82) is 0 Å². The normalized spacial score (nSPS) is 11.4. The topological polar surface area (TPSA) is 43.0 Å². The van der Waals surface area contributed by atoms with Gasteiger partial charge in [-0.25, -0.2) is 0 Å². The number of unbranched alkanes of at least 4 members (excludes halogenated alkanes) is 1. The fourth-order valence-electron chi connectivity index (χ4n) is 1.42. The van der Waals surface area contributed by atoms with Crippen molar-refractivity contribution in [1.82, 2.24) is 10.2 Å². The van der Waals surface area contributed by atoms with E-state index in [1.165, 1.54) is 6.42 Å². The van der Waals surface area contributed by atoms with Crippen LogP contribution in [0, 0.1) is 0 Å². The van der Waals surface area contributed by atoms with Crippen molar-refractivity contribution >= 4 is 0 Å². The molecule has 0 amide bonds. The second-order valence-electron chi connectivity index (χ2n) is 4.60. The predicted molar refractivity (Wildman–Crippen MR) is 78.8 cm³/mol. The highest BCUT2D eigenvalue weighted by Crippen LogP contribution is 1.88. The summed E-state index contributed by atoms with van der Waals surface area (Å²) in [4.78, 5) is 2.25. The van der Waals surface area contributed by atoms with Gasteiger partial charge >= 0.3 is 0 Å². The molecule has 0 aromatic carbocycles. The summed E-state index contributed by atoms with van der Waals surface area (Å²) < 4.78 is 16.3. The van der Waals surface area contributed by atoms with E-state index in [9.17, 15) is 0 Å². The zero-order valence-corrected chi connectivity index (χ0v) is 13.0. The van der Waals surface area contributed by atoms with Crippen molar-refractivity contribution in [2.45, 2.75) is 19.8 Å². The maximum atomic E-state index is 5.50. The van der Waals surface area contributed by atoms with Crippen molar-refractivity contribution in [3.8, 4) is 0 Å². The minimum atomic E-state index is 0.650. The van der Waals surface area contributed by atoms with E-state index in [1.54, 1.807) is 0 Å². The third-order valence-electron chi connectivity index (χ3n) is 2.75. The molecular formula is C14H32N2O3. The minimum absolute atomic E-state index is 0.650. The zero-order valence-electron chi connectivity index (χ0n) is 13.0. The van der Waals surface area contributed by atoms with E-state index in [4.69, 9.17) is 14.2 Å². The van der Waals surface area contributed by atoms with Crippen LogP contribution in [0.25, 0.3) is 0 Å². The first-order valence-corrected chi connectivity index (χ1v) is 7.37. The maximum absolute atomic E-state index is 5.50. The molecular weight excluding hydrogens is 244 g/mol. The first-order valence-electron chi connectivity index (χ1n) is 7.37. The number of nitrogens with one attached hydrogen (secondary N) is 1. The van der Waals surface area contributed by atoms with Crippen LogP contribution >= 0.6 is 0 Å². The largest absolute Gasteiger partial charge is 0.379 e. The van der Waals surface area contributed by atoms with Gasteiger partial charge in [0.15, 0.2) is 0 Å². The molecule has 0 bridgehead atoms. The van der Waals surface area contributed by atoms with Gasteiger partial charge in [-0.15, -0.1) is 0 Å². The molecule has 0 aromatic rings. The molecule has 0 heterocycles. The lowest BCUT2D eigenvalue weighted by Gasteiger charge is -2.16. The molecule has 0 saturated carbocycles. The summed E-state index contributed by atoms with van der Waals surface area (Å²) >= 11 is 0. The fraction of sp³-hybridized carbons (Fsp3) is 1.00. The third-order valence-corrected chi connectivity index (χ3v) is 2.75. The Morgan fingerprint density at radius 3 is 2.00 bits per heavy atom. The molecule has 0 aliphatic rings. The second kappa shape index (κ2) is 15.9. The van der Waals surface area contributed by atoms with E-state index in [2.05, 4.69) is 24.2 Å². The van der Waals surface area contributed by atoms with Crippen LogP contribution in [-0.4, -0.2) is 78.3 Å². The molecule has 0 radical (unpaired) electrons. The number of nitrogens with zero attached hydrogens (tertiary/aromatic N) is 1. The van der Waals surface area contributed by atoms with E-state index < -0.39 is 0 Å². The van der Waals surface area contributed by atoms with E-state index in [0.29, 0.717) is 26.4 Å². The van der Waals surface area contributed by atoms with Crippen LogP contribution in [0.3, 0.4) is 0 Å². The van der Waals surface area contributed by atoms with Crippen LogP contribution < -0.4 is 5.32 Å². The van der Waals surface area contributed by atoms with Gasteiger partial charge < -0.3 is 24.4 Å². The van der Waals surface area contributed by atoms with Gasteiger partial charge in [0.25, 0.3) is 0 Å². The van der Waals surface area contributed by atoms with Crippen LogP contribution in [0.2, 0.25) is 0 Å². The van der Waals surface area contributed by atoms with Gasteiger partial charge in [0, 0.05) is 26.2 Å². The van der Waals surface area contributed by atoms with Gasteiger partial charge in [0.2, 0.25) is 0 Å². The number of likely N-dealkylation sites (N-methyl/N-ethyl adjacent to an activating group) is 2. The van der Waals surface area contributed by atoms with Gasteiger partial charge in [-0.1, -0.05) is 13.3 Å². The molecule has 0 rings (SSSR count). The Balaban J connectivity index is 3.02. The Kier molecular flexibility index (Phi) is 15.7. The van der Waals surface area contributed by atoms with Crippen LogP contribution in [0.15, 0.2) is 0 Å². The lowest BCUT2D eigenvalue weighted by atomic mass is 10.4. The van der Waals surface area contributed by atoms with Crippen molar-refractivity contribution in [2.24, 2.45) is 0 Å². The van der Waals surface area contributed by atoms with Gasteiger partial charge in [-0.3, -0.25) is 0 Å². The summed E-state index contributed by atoms with van der Waals surface area (Å²) in [5.74, 6) is 0.